The second-order valence-corrected chi connectivity index (χ2v) is 12.9. The molecular weight excluding hydrogens is 653 g/mol. The van der Waals surface area contributed by atoms with Crippen LogP contribution in [0.25, 0.3) is 11.3 Å². The van der Waals surface area contributed by atoms with Gasteiger partial charge in [0.1, 0.15) is 0 Å². The number of likely N-dealkylation sites (tertiary alicyclic amines) is 1. The van der Waals surface area contributed by atoms with Crippen molar-refractivity contribution in [1.29, 1.82) is 0 Å². The van der Waals surface area contributed by atoms with Crippen LogP contribution in [0.3, 0.4) is 0 Å². The van der Waals surface area contributed by atoms with Crippen LogP contribution in [0.4, 0.5) is 0 Å². The van der Waals surface area contributed by atoms with Gasteiger partial charge in [0, 0.05) is 0 Å². The molecule has 1 aromatic carbocycles. The zero-order valence-electron chi connectivity index (χ0n) is 22.6. The number of fused-ring (bicyclic) bond motifs is 3. The average Bonchev–Trinajstić information content (AvgIpc) is 3.19. The van der Waals surface area contributed by atoms with Crippen LogP contribution in [0.1, 0.15) is 57.2 Å². The number of hydrogen-bond acceptors (Lipinski definition) is 4. The van der Waals surface area contributed by atoms with Crippen molar-refractivity contribution in [3.05, 3.63) is 48.0 Å². The number of benzene rings is 1. The van der Waals surface area contributed by atoms with Crippen molar-refractivity contribution in [2.45, 2.75) is 70.2 Å². The third-order valence-corrected chi connectivity index (χ3v) is 10.6. The molecule has 1 saturated carbocycles. The summed E-state index contributed by atoms with van der Waals surface area (Å²) in [6.45, 7) is 6.84. The Morgan fingerprint density at radius 2 is 2.11 bits per heavy atom. The summed E-state index contributed by atoms with van der Waals surface area (Å²) in [6.07, 6.45) is 5.45. The Balaban J connectivity index is 0.00000320. The molecule has 2 aliphatic carbocycles. The zero-order valence-corrected chi connectivity index (χ0v) is 29.7. The standard InChI is InChI=1S/C28H37IN4O3.Rb/c1-5-17(3)27(36)32-15-20(34)13-25(32)26(35)31-23-12-19-14-28(19,16-29-4)22-11-18(7-8-21(22)23)24-9-10-30-33(24)6-2;/h5,7-11,17,19-20,23,25,34H,6,12-16H2,1-4H3,(H,31,35);/q-2;+1. The number of aliphatic hydroxyl groups excluding tert-OH is 1. The fourth-order valence-corrected chi connectivity index (χ4v) is 9.01. The SMILES string of the molecule is C[CH-]C(C)C(=O)N1CC(O)CC1C(=O)NC1CC2CC2(C[I-]C)c2cc(-c3ccnn3CC)ccc21.[Rb+]. The number of nitrogens with zero attached hydrogens (tertiary/aromatic N) is 3. The summed E-state index contributed by atoms with van der Waals surface area (Å²) in [5.74, 6) is 0.0650. The molecule has 0 spiro atoms. The van der Waals surface area contributed by atoms with E-state index in [0.29, 0.717) is 12.3 Å². The van der Waals surface area contributed by atoms with Gasteiger partial charge < -0.3 is 0 Å². The summed E-state index contributed by atoms with van der Waals surface area (Å²) in [5, 5.41) is 18.1. The molecule has 2 aromatic rings. The minimum atomic E-state index is -0.664. The maximum Gasteiger partial charge on any atom is 1.00 e. The normalized spacial score (nSPS) is 28.7. The van der Waals surface area contributed by atoms with Crippen LogP contribution in [0.5, 0.6) is 0 Å². The number of β-amino-alcohol motifs (C(OH)–C–C–N with tert-alkyl or cyclic N) is 1. The minimum absolute atomic E-state index is 0. The Hall–Kier alpha value is -0.135. The van der Waals surface area contributed by atoms with E-state index >= 15 is 0 Å². The Kier molecular flexibility index (Phi) is 9.81. The molecule has 196 valence electrons. The van der Waals surface area contributed by atoms with Crippen LogP contribution in [0, 0.1) is 18.3 Å². The summed E-state index contributed by atoms with van der Waals surface area (Å²) >= 11 is 0.136. The van der Waals surface area contributed by atoms with Crippen molar-refractivity contribution in [2.24, 2.45) is 11.8 Å². The predicted molar refractivity (Wildman–Crippen MR) is 135 cm³/mol. The van der Waals surface area contributed by atoms with Gasteiger partial charge in [0.25, 0.3) is 0 Å². The Labute approximate surface area is 279 Å². The van der Waals surface area contributed by atoms with Gasteiger partial charge in [0.15, 0.2) is 0 Å². The topological polar surface area (TPSA) is 87.5 Å². The van der Waals surface area contributed by atoms with Gasteiger partial charge in [-0.05, 0) is 0 Å². The minimum Gasteiger partial charge on any atom is 1.00 e. The first-order valence-corrected chi connectivity index (χ1v) is 16.7. The summed E-state index contributed by atoms with van der Waals surface area (Å²) in [5.41, 5.74) is 5.16. The van der Waals surface area contributed by atoms with E-state index in [4.69, 9.17) is 0 Å². The van der Waals surface area contributed by atoms with Crippen LogP contribution >= 0.6 is 0 Å². The predicted octanol–water partition coefficient (Wildman–Crippen LogP) is -3.07. The Morgan fingerprint density at radius 1 is 1.32 bits per heavy atom. The average molecular weight is 690 g/mol. The van der Waals surface area contributed by atoms with Gasteiger partial charge >= 0.3 is 276 Å². The molecule has 0 radical (unpaired) electrons. The number of nitrogens with one attached hydrogen (secondary N) is 1. The number of amides is 2. The summed E-state index contributed by atoms with van der Waals surface area (Å²) in [7, 11) is 0. The van der Waals surface area contributed by atoms with Gasteiger partial charge in [-0.1, -0.05) is 0 Å². The maximum atomic E-state index is 13.5. The quantitative estimate of drug-likeness (QED) is 0.175. The number of aromatic nitrogens is 2. The van der Waals surface area contributed by atoms with Gasteiger partial charge in [0.2, 0.25) is 0 Å². The number of alkyl halides is 2. The largest absolute Gasteiger partial charge is 1.00 e. The molecule has 7 nitrogen and oxygen atoms in total. The fraction of sp³-hybridized carbons (Fsp3) is 0.571. The van der Waals surface area contributed by atoms with E-state index in [0.717, 1.165) is 18.7 Å². The van der Waals surface area contributed by atoms with E-state index in [9.17, 15) is 14.7 Å². The van der Waals surface area contributed by atoms with E-state index in [1.54, 1.807) is 4.90 Å². The number of halogens is 1. The molecule has 2 fully saturated rings. The third kappa shape index (κ3) is 5.58. The van der Waals surface area contributed by atoms with Crippen molar-refractivity contribution in [2.75, 3.05) is 15.9 Å². The molecule has 1 saturated heterocycles. The van der Waals surface area contributed by atoms with E-state index < -0.39 is 12.1 Å². The van der Waals surface area contributed by atoms with Gasteiger partial charge in [-0.2, -0.15) is 6.92 Å². The van der Waals surface area contributed by atoms with Crippen molar-refractivity contribution in [3.63, 3.8) is 0 Å². The molecule has 5 rings (SSSR count). The molecule has 2 N–H and O–H groups in total. The molecule has 6 unspecified atom stereocenters. The number of rotatable bonds is 8. The van der Waals surface area contributed by atoms with Crippen LogP contribution in [-0.4, -0.2) is 59.6 Å². The molecule has 2 amide bonds. The van der Waals surface area contributed by atoms with Crippen LogP contribution in [-0.2, 0) is 21.5 Å². The molecule has 3 aliphatic rings. The summed E-state index contributed by atoms with van der Waals surface area (Å²) in [6, 6.07) is 8.09. The number of carbonyl (C=O) groups excluding carboxylic acids is 2. The first-order valence-electron chi connectivity index (χ1n) is 13.0. The van der Waals surface area contributed by atoms with E-state index in [2.05, 4.69) is 46.5 Å². The number of aliphatic hydroxyl groups is 1. The second-order valence-electron chi connectivity index (χ2n) is 10.6. The first kappa shape index (κ1) is 29.8. The van der Waals surface area contributed by atoms with Crippen molar-refractivity contribution < 1.29 is 94.1 Å². The fourth-order valence-electron chi connectivity index (χ4n) is 6.30. The van der Waals surface area contributed by atoms with Crippen molar-refractivity contribution in [1.82, 2.24) is 20.0 Å². The molecular formula is C28H37IN4O3Rb-. The van der Waals surface area contributed by atoms with Crippen molar-refractivity contribution >= 4 is 11.8 Å². The maximum absolute atomic E-state index is 13.5. The first-order chi connectivity index (χ1) is 17.3. The Bertz CT molecular complexity index is 1160. The van der Waals surface area contributed by atoms with Crippen LogP contribution in [0.2, 0.25) is 0 Å². The monoisotopic (exact) mass is 689 g/mol. The van der Waals surface area contributed by atoms with Gasteiger partial charge in [-0.25, -0.2) is 0 Å². The van der Waals surface area contributed by atoms with E-state index in [1.165, 1.54) is 27.5 Å². The third-order valence-electron chi connectivity index (χ3n) is 8.47. The van der Waals surface area contributed by atoms with Gasteiger partial charge in [-0.3, -0.25) is 0 Å². The Morgan fingerprint density at radius 3 is 2.81 bits per heavy atom. The molecule has 37 heavy (non-hydrogen) atoms. The summed E-state index contributed by atoms with van der Waals surface area (Å²) < 4.78 is 3.29. The van der Waals surface area contributed by atoms with Crippen molar-refractivity contribution in [3.8, 4) is 11.3 Å². The smallest absolute Gasteiger partial charge is 1.00 e. The van der Waals surface area contributed by atoms with Crippen LogP contribution < -0.4 is 84.7 Å². The van der Waals surface area contributed by atoms with Gasteiger partial charge in [-0.15, -0.1) is 0 Å². The zero-order chi connectivity index (χ0) is 25.6. The number of aryl methyl sites for hydroxylation is 1. The van der Waals surface area contributed by atoms with E-state index in [-0.39, 0.29) is 115 Å². The van der Waals surface area contributed by atoms with E-state index in [1.807, 2.05) is 31.1 Å². The molecule has 2 heterocycles. The van der Waals surface area contributed by atoms with Gasteiger partial charge in [0.05, 0.1) is 0 Å². The number of carbonyl (C=O) groups is 2. The number of hydrogen-bond donors (Lipinski definition) is 2. The molecule has 1 aliphatic heterocycles. The second kappa shape index (κ2) is 12.2. The molecule has 9 heteroatoms. The molecule has 1 aromatic heterocycles. The summed E-state index contributed by atoms with van der Waals surface area (Å²) in [4.78, 5) is 30.4. The molecule has 6 atom stereocenters. The van der Waals surface area contributed by atoms with Crippen LogP contribution in [0.15, 0.2) is 30.5 Å². The molecule has 0 bridgehead atoms.